The molecule has 1 aromatic carbocycles. The van der Waals surface area contributed by atoms with Crippen molar-refractivity contribution in [3.8, 4) is 0 Å². The molecule has 2 aromatic rings. The van der Waals surface area contributed by atoms with Crippen molar-refractivity contribution in [2.75, 3.05) is 0 Å². The minimum absolute atomic E-state index is 0.102. The number of carboxylic acid groups (broad SMARTS) is 2. The SMILES string of the molecule is NC(=O)[C@@H](N)CCC(=O)O.N[C@@H](Cc1c[nH]c2ccccc12)C(=O)O. The fraction of sp³-hybridized carbons (Fsp3) is 0.312. The fourth-order valence-corrected chi connectivity index (χ4v) is 2.05. The number of aromatic nitrogens is 1. The van der Waals surface area contributed by atoms with E-state index in [9.17, 15) is 14.4 Å². The molecular weight excluding hydrogens is 328 g/mol. The normalized spacial score (nSPS) is 12.7. The van der Waals surface area contributed by atoms with Gasteiger partial charge >= 0.3 is 11.9 Å². The van der Waals surface area contributed by atoms with Crippen LogP contribution in [0.1, 0.15) is 18.4 Å². The first-order chi connectivity index (χ1) is 11.7. The summed E-state index contributed by atoms with van der Waals surface area (Å²) in [6.07, 6.45) is 2.14. The van der Waals surface area contributed by atoms with E-state index in [1.807, 2.05) is 30.5 Å². The van der Waals surface area contributed by atoms with Gasteiger partial charge in [0.15, 0.2) is 0 Å². The summed E-state index contributed by atoms with van der Waals surface area (Å²) < 4.78 is 0. The number of aliphatic carboxylic acids is 2. The molecule has 0 aliphatic heterocycles. The number of carbonyl (C=O) groups excluding carboxylic acids is 1. The van der Waals surface area contributed by atoms with E-state index in [0.717, 1.165) is 16.5 Å². The van der Waals surface area contributed by atoms with E-state index >= 15 is 0 Å². The number of benzene rings is 1. The first kappa shape index (κ1) is 20.1. The van der Waals surface area contributed by atoms with Gasteiger partial charge in [0, 0.05) is 29.9 Å². The lowest BCUT2D eigenvalue weighted by Gasteiger charge is -2.04. The molecule has 0 bridgehead atoms. The molecular formula is C16H22N4O5. The minimum Gasteiger partial charge on any atom is -0.481 e. The van der Waals surface area contributed by atoms with Gasteiger partial charge in [-0.1, -0.05) is 18.2 Å². The lowest BCUT2D eigenvalue weighted by molar-refractivity contribution is -0.139. The molecule has 2 rings (SSSR count). The number of rotatable bonds is 7. The van der Waals surface area contributed by atoms with Crippen LogP contribution in [0.4, 0.5) is 0 Å². The van der Waals surface area contributed by atoms with Crippen LogP contribution in [-0.2, 0) is 20.8 Å². The zero-order valence-electron chi connectivity index (χ0n) is 13.5. The monoisotopic (exact) mass is 350 g/mol. The summed E-state index contributed by atoms with van der Waals surface area (Å²) in [5.41, 5.74) is 17.3. The number of nitrogens with one attached hydrogen (secondary N) is 1. The van der Waals surface area contributed by atoms with E-state index in [1.54, 1.807) is 0 Å². The number of fused-ring (bicyclic) bond motifs is 1. The molecule has 25 heavy (non-hydrogen) atoms. The van der Waals surface area contributed by atoms with Crippen molar-refractivity contribution in [3.63, 3.8) is 0 Å². The third-order valence-electron chi connectivity index (χ3n) is 3.47. The number of carboxylic acids is 2. The van der Waals surface area contributed by atoms with Crippen LogP contribution < -0.4 is 17.2 Å². The van der Waals surface area contributed by atoms with Gasteiger partial charge in [0.05, 0.1) is 6.04 Å². The molecule has 0 aliphatic rings. The van der Waals surface area contributed by atoms with Crippen LogP contribution in [0.15, 0.2) is 30.5 Å². The van der Waals surface area contributed by atoms with E-state index in [0.29, 0.717) is 6.42 Å². The minimum atomic E-state index is -0.975. The Hall–Kier alpha value is -2.91. The van der Waals surface area contributed by atoms with Crippen molar-refractivity contribution in [3.05, 3.63) is 36.0 Å². The predicted octanol–water partition coefficient (Wildman–Crippen LogP) is -0.214. The Morgan fingerprint density at radius 3 is 2.28 bits per heavy atom. The van der Waals surface area contributed by atoms with Crippen LogP contribution in [0.3, 0.4) is 0 Å². The van der Waals surface area contributed by atoms with E-state index in [4.69, 9.17) is 27.4 Å². The van der Waals surface area contributed by atoms with Crippen molar-refractivity contribution in [1.82, 2.24) is 4.98 Å². The summed E-state index contributed by atoms with van der Waals surface area (Å²) in [6.45, 7) is 0. The second-order valence-electron chi connectivity index (χ2n) is 5.45. The highest BCUT2D eigenvalue weighted by Crippen LogP contribution is 2.18. The molecule has 2 atom stereocenters. The van der Waals surface area contributed by atoms with Gasteiger partial charge in [-0.2, -0.15) is 0 Å². The molecule has 0 unspecified atom stereocenters. The molecule has 0 saturated carbocycles. The van der Waals surface area contributed by atoms with Crippen molar-refractivity contribution >= 4 is 28.7 Å². The van der Waals surface area contributed by atoms with E-state index in [-0.39, 0.29) is 12.8 Å². The molecule has 1 heterocycles. The molecule has 9 nitrogen and oxygen atoms in total. The van der Waals surface area contributed by atoms with Gasteiger partial charge in [0.2, 0.25) is 5.91 Å². The molecule has 9 N–H and O–H groups in total. The highest BCUT2D eigenvalue weighted by molar-refractivity contribution is 5.84. The van der Waals surface area contributed by atoms with Crippen molar-refractivity contribution in [1.29, 1.82) is 0 Å². The molecule has 0 aliphatic carbocycles. The largest absolute Gasteiger partial charge is 0.481 e. The van der Waals surface area contributed by atoms with Gasteiger partial charge in [-0.25, -0.2) is 0 Å². The average molecular weight is 350 g/mol. The maximum absolute atomic E-state index is 10.6. The first-order valence-corrected chi connectivity index (χ1v) is 7.52. The number of para-hydroxylation sites is 1. The Kier molecular flexibility index (Phi) is 7.57. The number of nitrogens with two attached hydrogens (primary N) is 3. The molecule has 0 radical (unpaired) electrons. The van der Waals surface area contributed by atoms with Gasteiger partial charge in [-0.15, -0.1) is 0 Å². The van der Waals surface area contributed by atoms with E-state index in [1.165, 1.54) is 0 Å². The smallest absolute Gasteiger partial charge is 0.320 e. The highest BCUT2D eigenvalue weighted by Gasteiger charge is 2.14. The van der Waals surface area contributed by atoms with Crippen LogP contribution in [0.5, 0.6) is 0 Å². The Bertz CT molecular complexity index is 743. The number of aromatic amines is 1. The van der Waals surface area contributed by atoms with Gasteiger partial charge in [-0.3, -0.25) is 14.4 Å². The topological polar surface area (TPSA) is 186 Å². The van der Waals surface area contributed by atoms with Crippen LogP contribution in [0, 0.1) is 0 Å². The number of primary amides is 1. The van der Waals surface area contributed by atoms with Crippen molar-refractivity contribution < 1.29 is 24.6 Å². The number of carbonyl (C=O) groups is 3. The number of hydrogen-bond donors (Lipinski definition) is 6. The summed E-state index contributed by atoms with van der Waals surface area (Å²) >= 11 is 0. The van der Waals surface area contributed by atoms with Crippen molar-refractivity contribution in [2.24, 2.45) is 17.2 Å². The summed E-state index contributed by atoms with van der Waals surface area (Å²) in [6, 6.07) is 6.08. The Morgan fingerprint density at radius 2 is 1.72 bits per heavy atom. The number of H-pyrrole nitrogens is 1. The molecule has 0 spiro atoms. The molecule has 136 valence electrons. The molecule has 1 aromatic heterocycles. The third kappa shape index (κ3) is 6.61. The first-order valence-electron chi connectivity index (χ1n) is 7.52. The van der Waals surface area contributed by atoms with Gasteiger partial charge in [-0.05, 0) is 18.1 Å². The second-order valence-corrected chi connectivity index (χ2v) is 5.45. The Morgan fingerprint density at radius 1 is 1.08 bits per heavy atom. The summed E-state index contributed by atoms with van der Waals surface area (Å²) in [4.78, 5) is 33.8. The van der Waals surface area contributed by atoms with Gasteiger partial charge < -0.3 is 32.4 Å². The standard InChI is InChI=1S/C11H12N2O2.C5H10N2O3/c12-9(11(14)15)5-7-6-13-10-4-2-1-3-8(7)10;6-3(5(7)10)1-2-4(8)9/h1-4,6,9,13H,5,12H2,(H,14,15);3H,1-2,6H2,(H2,7,10)(H,8,9)/t9-;3-/m00/s1. The molecule has 9 heteroatoms. The molecule has 1 amide bonds. The average Bonchev–Trinajstić information content (AvgIpc) is 2.96. The predicted molar refractivity (Wildman–Crippen MR) is 91.7 cm³/mol. The zero-order chi connectivity index (χ0) is 19.0. The van der Waals surface area contributed by atoms with Gasteiger partial charge in [0.1, 0.15) is 6.04 Å². The van der Waals surface area contributed by atoms with Crippen molar-refractivity contribution in [2.45, 2.75) is 31.3 Å². The molecule has 0 saturated heterocycles. The quantitative estimate of drug-likeness (QED) is 0.398. The summed E-state index contributed by atoms with van der Waals surface area (Å²) in [5, 5.41) is 17.9. The maximum atomic E-state index is 10.6. The van der Waals surface area contributed by atoms with Gasteiger partial charge in [0.25, 0.3) is 0 Å². The second kappa shape index (κ2) is 9.40. The summed E-state index contributed by atoms with van der Waals surface area (Å²) in [7, 11) is 0. The summed E-state index contributed by atoms with van der Waals surface area (Å²) in [5.74, 6) is -2.61. The number of hydrogen-bond acceptors (Lipinski definition) is 5. The Labute approximate surface area is 143 Å². The maximum Gasteiger partial charge on any atom is 0.320 e. The fourth-order valence-electron chi connectivity index (χ4n) is 2.05. The van der Waals surface area contributed by atoms with E-state index < -0.39 is 29.9 Å². The van der Waals surface area contributed by atoms with Crippen LogP contribution in [0.25, 0.3) is 10.9 Å². The van der Waals surface area contributed by atoms with Crippen LogP contribution in [0.2, 0.25) is 0 Å². The zero-order valence-corrected chi connectivity index (χ0v) is 13.5. The van der Waals surface area contributed by atoms with E-state index in [2.05, 4.69) is 4.98 Å². The lowest BCUT2D eigenvalue weighted by Crippen LogP contribution is -2.36. The highest BCUT2D eigenvalue weighted by atomic mass is 16.4. The van der Waals surface area contributed by atoms with Crippen LogP contribution in [-0.4, -0.2) is 45.1 Å². The Balaban J connectivity index is 0.000000275. The molecule has 0 fully saturated rings. The van der Waals surface area contributed by atoms with Crippen LogP contribution >= 0.6 is 0 Å². The number of amides is 1. The third-order valence-corrected chi connectivity index (χ3v) is 3.47. The lowest BCUT2D eigenvalue weighted by atomic mass is 10.1.